The molecule has 0 fully saturated rings. The van der Waals surface area contributed by atoms with Crippen LogP contribution in [0.25, 0.3) is 0 Å². The second-order valence-corrected chi connectivity index (χ2v) is 3.95. The number of aliphatic carboxylic acids is 1. The van der Waals surface area contributed by atoms with Crippen molar-refractivity contribution in [2.75, 3.05) is 12.0 Å². The molecule has 0 saturated carbocycles. The molecule has 1 unspecified atom stereocenters. The first-order chi connectivity index (χ1) is 9.13. The number of anilines is 1. The zero-order valence-corrected chi connectivity index (χ0v) is 10.7. The van der Waals surface area contributed by atoms with E-state index >= 15 is 0 Å². The Balaban J connectivity index is 2.29. The highest BCUT2D eigenvalue weighted by molar-refractivity contribution is 5.80. The van der Waals surface area contributed by atoms with Crippen LogP contribution in [0.2, 0.25) is 0 Å². The molecule has 1 aromatic heterocycles. The average Bonchev–Trinajstić information content (AvgIpc) is 2.42. The summed E-state index contributed by atoms with van der Waals surface area (Å²) >= 11 is 0. The molecule has 1 atom stereocenters. The molecule has 0 aliphatic carbocycles. The van der Waals surface area contributed by atoms with Crippen molar-refractivity contribution in [3.05, 3.63) is 24.4 Å². The van der Waals surface area contributed by atoms with Crippen LogP contribution in [0.3, 0.4) is 0 Å². The van der Waals surface area contributed by atoms with Gasteiger partial charge in [0.2, 0.25) is 0 Å². The Morgan fingerprint density at radius 1 is 1.42 bits per heavy atom. The van der Waals surface area contributed by atoms with Crippen molar-refractivity contribution in [2.24, 2.45) is 0 Å². The van der Waals surface area contributed by atoms with Gasteiger partial charge in [-0.3, -0.25) is 25.8 Å². The maximum atomic E-state index is 11.5. The molecule has 0 saturated heterocycles. The number of nitrogens with one attached hydrogen (secondary N) is 3. The number of pyridine rings is 1. The highest BCUT2D eigenvalue weighted by atomic mass is 16.4. The Bertz CT molecular complexity index is 411. The van der Waals surface area contributed by atoms with Crippen molar-refractivity contribution in [2.45, 2.75) is 25.8 Å². The molecular formula is C12H18N4O3. The number of hydrogen-bond donors (Lipinski definition) is 4. The third-order valence-corrected chi connectivity index (χ3v) is 2.38. The summed E-state index contributed by atoms with van der Waals surface area (Å²) in [5.74, 6) is -0.792. The van der Waals surface area contributed by atoms with E-state index in [9.17, 15) is 9.59 Å². The van der Waals surface area contributed by atoms with Gasteiger partial charge in [0.25, 0.3) is 5.91 Å². The van der Waals surface area contributed by atoms with Crippen LogP contribution >= 0.6 is 0 Å². The standard InChI is InChI=1S/C12H18N4O3/c1-2-5-9(12(18)19)14-8-11(17)16-15-10-6-3-4-7-13-10/h3-4,6-7,9,14H,2,5,8H2,1H3,(H,13,15)(H,16,17)(H,18,19). The van der Waals surface area contributed by atoms with Gasteiger partial charge in [-0.1, -0.05) is 19.4 Å². The smallest absolute Gasteiger partial charge is 0.320 e. The minimum Gasteiger partial charge on any atom is -0.480 e. The van der Waals surface area contributed by atoms with E-state index in [-0.39, 0.29) is 12.5 Å². The molecule has 0 radical (unpaired) electrons. The molecule has 1 amide bonds. The fourth-order valence-corrected chi connectivity index (χ4v) is 1.43. The lowest BCUT2D eigenvalue weighted by atomic mass is 10.2. The molecule has 0 aliphatic heterocycles. The molecule has 7 nitrogen and oxygen atoms in total. The number of carbonyl (C=O) groups excluding carboxylic acids is 1. The second-order valence-electron chi connectivity index (χ2n) is 3.95. The molecular weight excluding hydrogens is 248 g/mol. The summed E-state index contributed by atoms with van der Waals surface area (Å²) in [6.07, 6.45) is 2.81. The Hall–Kier alpha value is -2.15. The number of nitrogens with zero attached hydrogens (tertiary/aromatic N) is 1. The summed E-state index contributed by atoms with van der Waals surface area (Å²) in [6, 6.07) is 4.54. The molecule has 1 aromatic rings. The van der Waals surface area contributed by atoms with Gasteiger partial charge in [-0.25, -0.2) is 4.98 Å². The molecule has 7 heteroatoms. The molecule has 4 N–H and O–H groups in total. The molecule has 1 heterocycles. The van der Waals surface area contributed by atoms with Crippen molar-refractivity contribution >= 4 is 17.7 Å². The van der Waals surface area contributed by atoms with Crippen LogP contribution < -0.4 is 16.2 Å². The molecule has 0 aromatic carbocycles. The van der Waals surface area contributed by atoms with Crippen molar-refractivity contribution in [3.63, 3.8) is 0 Å². The van der Waals surface area contributed by atoms with Crippen LogP contribution in [-0.2, 0) is 9.59 Å². The van der Waals surface area contributed by atoms with E-state index in [1.165, 1.54) is 0 Å². The molecule has 19 heavy (non-hydrogen) atoms. The van der Waals surface area contributed by atoms with Crippen LogP contribution in [0.4, 0.5) is 5.82 Å². The normalized spacial score (nSPS) is 11.6. The zero-order valence-electron chi connectivity index (χ0n) is 10.7. The van der Waals surface area contributed by atoms with Gasteiger partial charge in [-0.05, 0) is 18.6 Å². The van der Waals surface area contributed by atoms with Crippen molar-refractivity contribution in [1.29, 1.82) is 0 Å². The van der Waals surface area contributed by atoms with Gasteiger partial charge in [0.05, 0.1) is 6.54 Å². The van der Waals surface area contributed by atoms with Gasteiger partial charge in [0.1, 0.15) is 11.9 Å². The van der Waals surface area contributed by atoms with Crippen molar-refractivity contribution < 1.29 is 14.7 Å². The fraction of sp³-hybridized carbons (Fsp3) is 0.417. The lowest BCUT2D eigenvalue weighted by molar-refractivity contribution is -0.139. The van der Waals surface area contributed by atoms with Gasteiger partial charge in [-0.15, -0.1) is 0 Å². The van der Waals surface area contributed by atoms with Gasteiger partial charge in [0, 0.05) is 6.20 Å². The summed E-state index contributed by atoms with van der Waals surface area (Å²) in [5.41, 5.74) is 5.06. The number of carboxylic acid groups (broad SMARTS) is 1. The summed E-state index contributed by atoms with van der Waals surface area (Å²) < 4.78 is 0. The van der Waals surface area contributed by atoms with Gasteiger partial charge in [0.15, 0.2) is 0 Å². The molecule has 0 spiro atoms. The Morgan fingerprint density at radius 2 is 2.21 bits per heavy atom. The predicted molar refractivity (Wildman–Crippen MR) is 70.3 cm³/mol. The quantitative estimate of drug-likeness (QED) is 0.507. The minimum absolute atomic E-state index is 0.0726. The molecule has 1 rings (SSSR count). The van der Waals surface area contributed by atoms with Crippen molar-refractivity contribution in [1.82, 2.24) is 15.7 Å². The maximum absolute atomic E-state index is 11.5. The van der Waals surface area contributed by atoms with Crippen LogP contribution in [-0.4, -0.2) is 34.6 Å². The predicted octanol–water partition coefficient (Wildman–Crippen LogP) is 0.368. The van der Waals surface area contributed by atoms with Gasteiger partial charge < -0.3 is 5.11 Å². The molecule has 0 bridgehead atoms. The van der Waals surface area contributed by atoms with Crippen molar-refractivity contribution in [3.8, 4) is 0 Å². The third kappa shape index (κ3) is 5.82. The first-order valence-electron chi connectivity index (χ1n) is 6.05. The Kier molecular flexibility index (Phi) is 6.31. The van der Waals surface area contributed by atoms with Crippen LogP contribution in [0.1, 0.15) is 19.8 Å². The summed E-state index contributed by atoms with van der Waals surface area (Å²) in [5, 5.41) is 11.6. The first-order valence-corrected chi connectivity index (χ1v) is 6.05. The minimum atomic E-state index is -0.952. The molecule has 0 aliphatic rings. The lowest BCUT2D eigenvalue weighted by Gasteiger charge is -2.13. The number of carbonyl (C=O) groups is 2. The Labute approximate surface area is 111 Å². The lowest BCUT2D eigenvalue weighted by Crippen LogP contribution is -2.44. The number of rotatable bonds is 8. The topological polar surface area (TPSA) is 103 Å². The summed E-state index contributed by atoms with van der Waals surface area (Å²) in [4.78, 5) is 26.3. The largest absolute Gasteiger partial charge is 0.480 e. The van der Waals surface area contributed by atoms with E-state index in [2.05, 4.69) is 21.2 Å². The van der Waals surface area contributed by atoms with Crippen LogP contribution in [0.15, 0.2) is 24.4 Å². The average molecular weight is 266 g/mol. The number of aromatic nitrogens is 1. The van der Waals surface area contributed by atoms with Gasteiger partial charge in [-0.2, -0.15) is 0 Å². The third-order valence-electron chi connectivity index (χ3n) is 2.38. The van der Waals surface area contributed by atoms with Gasteiger partial charge >= 0.3 is 5.97 Å². The van der Waals surface area contributed by atoms with Crippen LogP contribution in [0.5, 0.6) is 0 Å². The summed E-state index contributed by atoms with van der Waals surface area (Å²) in [6.45, 7) is 1.82. The van der Waals surface area contributed by atoms with E-state index < -0.39 is 12.0 Å². The number of hydrogen-bond acceptors (Lipinski definition) is 5. The first kappa shape index (κ1) is 14.9. The number of amides is 1. The second kappa shape index (κ2) is 8.04. The highest BCUT2D eigenvalue weighted by Gasteiger charge is 2.16. The SMILES string of the molecule is CCCC(NCC(=O)NNc1ccccn1)C(=O)O. The van der Waals surface area contributed by atoms with E-state index in [4.69, 9.17) is 5.11 Å². The van der Waals surface area contributed by atoms with E-state index in [1.54, 1.807) is 24.4 Å². The van der Waals surface area contributed by atoms with E-state index in [0.717, 1.165) is 6.42 Å². The highest BCUT2D eigenvalue weighted by Crippen LogP contribution is 1.97. The summed E-state index contributed by atoms with van der Waals surface area (Å²) in [7, 11) is 0. The fourth-order valence-electron chi connectivity index (χ4n) is 1.43. The molecule has 104 valence electrons. The monoisotopic (exact) mass is 266 g/mol. The Morgan fingerprint density at radius 3 is 2.79 bits per heavy atom. The number of hydrazine groups is 1. The number of carboxylic acids is 1. The van der Waals surface area contributed by atoms with E-state index in [1.807, 2.05) is 6.92 Å². The maximum Gasteiger partial charge on any atom is 0.320 e. The zero-order chi connectivity index (χ0) is 14.1. The van der Waals surface area contributed by atoms with E-state index in [0.29, 0.717) is 12.2 Å². The van der Waals surface area contributed by atoms with Crippen LogP contribution in [0, 0.1) is 0 Å².